The highest BCUT2D eigenvalue weighted by Gasteiger charge is 2.21. The number of nitrogens with one attached hydrogen (secondary N) is 3. The first-order chi connectivity index (χ1) is 12.7. The molecule has 0 saturated heterocycles. The quantitative estimate of drug-likeness (QED) is 0.158. The Morgan fingerprint density at radius 3 is 2.15 bits per heavy atom. The molecule has 0 fully saturated rings. The number of carboxylic acid groups (broad SMARTS) is 2. The van der Waals surface area contributed by atoms with E-state index >= 15 is 0 Å². The van der Waals surface area contributed by atoms with Crippen LogP contribution in [-0.4, -0.2) is 39.7 Å². The molecule has 146 valence electrons. The van der Waals surface area contributed by atoms with Crippen LogP contribution in [0.2, 0.25) is 0 Å². The van der Waals surface area contributed by atoms with E-state index in [1.165, 1.54) is 0 Å². The summed E-state index contributed by atoms with van der Waals surface area (Å²) in [5, 5.41) is 34.9. The summed E-state index contributed by atoms with van der Waals surface area (Å²) in [6.07, 6.45) is 2.59. The monoisotopic (exact) mass is 376 g/mol. The van der Waals surface area contributed by atoms with Crippen LogP contribution in [0.4, 0.5) is 0 Å². The normalized spacial score (nSPS) is 13.3. The number of unbranched alkanes of at least 4 members (excludes halogenated alkanes) is 1. The Kier molecular flexibility index (Phi) is 8.43. The number of aliphatic carboxylic acids is 2. The van der Waals surface area contributed by atoms with Crippen LogP contribution in [0.3, 0.4) is 0 Å². The minimum absolute atomic E-state index is 0.0628. The van der Waals surface area contributed by atoms with Crippen molar-refractivity contribution < 1.29 is 19.8 Å². The molecule has 0 atom stereocenters. The van der Waals surface area contributed by atoms with E-state index in [1.807, 2.05) is 18.2 Å². The molecular weight excluding hydrogens is 352 g/mol. The number of fused-ring (bicyclic) bond motifs is 1. The van der Waals surface area contributed by atoms with Crippen LogP contribution in [0.15, 0.2) is 23.3 Å². The predicted octanol–water partition coefficient (Wildman–Crippen LogP) is 0.820. The molecule has 0 bridgehead atoms. The van der Waals surface area contributed by atoms with E-state index < -0.39 is 11.9 Å². The van der Waals surface area contributed by atoms with Crippen LogP contribution in [-0.2, 0) is 16.0 Å². The molecule has 1 aromatic rings. The van der Waals surface area contributed by atoms with Gasteiger partial charge in [-0.2, -0.15) is 5.10 Å². The molecule has 2 rings (SSSR count). The average Bonchev–Trinajstić information content (AvgIpc) is 3.00. The Labute approximate surface area is 156 Å². The van der Waals surface area contributed by atoms with Gasteiger partial charge < -0.3 is 21.7 Å². The molecule has 0 radical (unpaired) electrons. The van der Waals surface area contributed by atoms with Crippen LogP contribution in [0.5, 0.6) is 0 Å². The lowest BCUT2D eigenvalue weighted by Gasteiger charge is -2.06. The molecule has 10 nitrogen and oxygen atoms in total. The molecule has 1 aliphatic rings. The molecule has 0 spiro atoms. The van der Waals surface area contributed by atoms with Gasteiger partial charge in [-0.3, -0.25) is 20.4 Å². The lowest BCUT2D eigenvalue weighted by Crippen LogP contribution is -2.26. The number of rotatable bonds is 7. The summed E-state index contributed by atoms with van der Waals surface area (Å²) >= 11 is 0. The number of hydrazone groups is 1. The Morgan fingerprint density at radius 1 is 1.07 bits per heavy atom. The van der Waals surface area contributed by atoms with Crippen molar-refractivity contribution in [3.63, 3.8) is 0 Å². The maximum atomic E-state index is 9.90. The second-order valence-corrected chi connectivity index (χ2v) is 5.82. The summed E-state index contributed by atoms with van der Waals surface area (Å²) < 4.78 is 0. The standard InChI is InChI=1S/C11H14N6.C6H10O4/c12-10(13)8-3-1-2-7-6(8)4-5-9(7)16-17-11(14)15;7-5(8)3-1-2-4-6(9)10/h1-3H,4-5H2,(H3,12,13)(H4,14,15,17);1-4H2,(H,7,8)(H,9,10). The predicted molar refractivity (Wildman–Crippen MR) is 101 cm³/mol. The third-order valence-electron chi connectivity index (χ3n) is 3.73. The van der Waals surface area contributed by atoms with Gasteiger partial charge in [0.05, 0.1) is 5.71 Å². The molecule has 1 aliphatic carbocycles. The number of guanidine groups is 1. The summed E-state index contributed by atoms with van der Waals surface area (Å²) in [7, 11) is 0. The minimum atomic E-state index is -0.870. The van der Waals surface area contributed by atoms with Gasteiger partial charge >= 0.3 is 11.9 Å². The number of benzene rings is 1. The molecule has 27 heavy (non-hydrogen) atoms. The first-order valence-corrected chi connectivity index (χ1v) is 8.29. The molecular formula is C17H24N6O4. The number of hydrogen-bond donors (Lipinski definition) is 7. The van der Waals surface area contributed by atoms with Gasteiger partial charge in [-0.25, -0.2) is 5.43 Å². The summed E-state index contributed by atoms with van der Waals surface area (Å²) in [6.45, 7) is 0. The SMILES string of the molecule is N=C(N)NN=C1CCc2c(C(=N)N)cccc21.O=C(O)CCCCC(=O)O. The molecule has 10 heteroatoms. The van der Waals surface area contributed by atoms with Crippen molar-refractivity contribution in [2.24, 2.45) is 16.6 Å². The lowest BCUT2D eigenvalue weighted by atomic mass is 10.0. The van der Waals surface area contributed by atoms with E-state index in [2.05, 4.69) is 10.5 Å². The Balaban J connectivity index is 0.000000314. The van der Waals surface area contributed by atoms with E-state index in [9.17, 15) is 9.59 Å². The van der Waals surface area contributed by atoms with Crippen molar-refractivity contribution in [3.05, 3.63) is 34.9 Å². The van der Waals surface area contributed by atoms with Crippen LogP contribution in [0.1, 0.15) is 48.8 Å². The Bertz CT molecular complexity index is 744. The van der Waals surface area contributed by atoms with Crippen LogP contribution in [0.25, 0.3) is 0 Å². The molecule has 0 heterocycles. The molecule has 0 unspecified atom stereocenters. The number of nitrogens with zero attached hydrogens (tertiary/aromatic N) is 1. The zero-order chi connectivity index (χ0) is 20.4. The summed E-state index contributed by atoms with van der Waals surface area (Å²) in [4.78, 5) is 19.8. The summed E-state index contributed by atoms with van der Waals surface area (Å²) in [6, 6.07) is 5.63. The maximum Gasteiger partial charge on any atom is 0.303 e. The third-order valence-corrected chi connectivity index (χ3v) is 3.73. The fourth-order valence-electron chi connectivity index (χ4n) is 2.55. The van der Waals surface area contributed by atoms with E-state index in [0.717, 1.165) is 35.2 Å². The number of nitrogen functional groups attached to an aromatic ring is 1. The second kappa shape index (κ2) is 10.5. The number of hydrogen-bond acceptors (Lipinski definition) is 5. The van der Waals surface area contributed by atoms with Gasteiger partial charge in [0, 0.05) is 24.0 Å². The topological polar surface area (TPSA) is 199 Å². The Morgan fingerprint density at radius 2 is 1.67 bits per heavy atom. The number of nitrogens with two attached hydrogens (primary N) is 2. The van der Waals surface area contributed by atoms with Gasteiger partial charge in [0.25, 0.3) is 0 Å². The fourth-order valence-corrected chi connectivity index (χ4v) is 2.55. The van der Waals surface area contributed by atoms with Crippen LogP contribution >= 0.6 is 0 Å². The fraction of sp³-hybridized carbons (Fsp3) is 0.353. The van der Waals surface area contributed by atoms with Crippen molar-refractivity contribution in [1.82, 2.24) is 5.43 Å². The smallest absolute Gasteiger partial charge is 0.303 e. The van der Waals surface area contributed by atoms with E-state index in [1.54, 1.807) is 0 Å². The van der Waals surface area contributed by atoms with E-state index in [-0.39, 0.29) is 24.6 Å². The van der Waals surface area contributed by atoms with Gasteiger partial charge in [0.1, 0.15) is 5.84 Å². The number of amidine groups is 1. The maximum absolute atomic E-state index is 9.90. The molecule has 0 aliphatic heterocycles. The first-order valence-electron chi connectivity index (χ1n) is 8.29. The molecule has 0 amide bonds. The third kappa shape index (κ3) is 7.55. The number of carboxylic acids is 2. The first kappa shape index (κ1) is 21.6. The number of carbonyl (C=O) groups is 2. The average molecular weight is 376 g/mol. The molecule has 0 saturated carbocycles. The highest BCUT2D eigenvalue weighted by molar-refractivity contribution is 6.08. The van der Waals surface area contributed by atoms with Gasteiger partial charge in [-0.1, -0.05) is 18.2 Å². The van der Waals surface area contributed by atoms with Crippen molar-refractivity contribution in [3.8, 4) is 0 Å². The Hall–Kier alpha value is -3.43. The van der Waals surface area contributed by atoms with Crippen LogP contribution in [0, 0.1) is 10.8 Å². The van der Waals surface area contributed by atoms with Crippen molar-refractivity contribution in [2.75, 3.05) is 0 Å². The largest absolute Gasteiger partial charge is 0.481 e. The van der Waals surface area contributed by atoms with E-state index in [4.69, 9.17) is 32.5 Å². The lowest BCUT2D eigenvalue weighted by molar-refractivity contribution is -0.139. The zero-order valence-electron chi connectivity index (χ0n) is 14.8. The second-order valence-electron chi connectivity index (χ2n) is 5.82. The summed E-state index contributed by atoms with van der Waals surface area (Å²) in [5.41, 5.74) is 16.8. The highest BCUT2D eigenvalue weighted by Crippen LogP contribution is 2.25. The van der Waals surface area contributed by atoms with Gasteiger partial charge in [-0.15, -0.1) is 0 Å². The van der Waals surface area contributed by atoms with Gasteiger partial charge in [0.2, 0.25) is 5.96 Å². The highest BCUT2D eigenvalue weighted by atomic mass is 16.4. The molecule has 9 N–H and O–H groups in total. The van der Waals surface area contributed by atoms with Gasteiger partial charge in [0.15, 0.2) is 0 Å². The molecule has 0 aromatic heterocycles. The van der Waals surface area contributed by atoms with Gasteiger partial charge in [-0.05, 0) is 31.2 Å². The van der Waals surface area contributed by atoms with E-state index in [0.29, 0.717) is 12.8 Å². The summed E-state index contributed by atoms with van der Waals surface area (Å²) in [5.74, 6) is -1.85. The van der Waals surface area contributed by atoms with Crippen molar-refractivity contribution >= 4 is 29.4 Å². The van der Waals surface area contributed by atoms with Crippen molar-refractivity contribution in [1.29, 1.82) is 10.8 Å². The van der Waals surface area contributed by atoms with Crippen LogP contribution < -0.4 is 16.9 Å². The minimum Gasteiger partial charge on any atom is -0.481 e. The molecule has 1 aromatic carbocycles. The van der Waals surface area contributed by atoms with Crippen molar-refractivity contribution in [2.45, 2.75) is 38.5 Å². The zero-order valence-corrected chi connectivity index (χ0v) is 14.8.